The largest absolute Gasteiger partial charge is 0.392 e. The third-order valence-electron chi connectivity index (χ3n) is 3.71. The minimum atomic E-state index is -0.858. The van der Waals surface area contributed by atoms with Crippen molar-refractivity contribution in [1.82, 2.24) is 0 Å². The molecule has 1 aliphatic carbocycles. The van der Waals surface area contributed by atoms with E-state index in [1.165, 1.54) is 4.90 Å². The van der Waals surface area contributed by atoms with Crippen molar-refractivity contribution >= 4 is 5.69 Å². The summed E-state index contributed by atoms with van der Waals surface area (Å²) < 4.78 is 27.7. The number of rotatable bonds is 4. The number of benzene rings is 1. The van der Waals surface area contributed by atoms with Gasteiger partial charge in [0.1, 0.15) is 17.3 Å². The molecule has 0 unspecified atom stereocenters. The Bertz CT molecular complexity index is 436. The molecule has 0 aromatic heterocycles. The highest BCUT2D eigenvalue weighted by atomic mass is 19.1. The molecule has 0 saturated heterocycles. The Morgan fingerprint density at radius 1 is 1.21 bits per heavy atom. The second kappa shape index (κ2) is 5.43. The Morgan fingerprint density at radius 2 is 1.74 bits per heavy atom. The molecule has 106 valence electrons. The van der Waals surface area contributed by atoms with Crippen molar-refractivity contribution in [2.24, 2.45) is 0 Å². The predicted octanol–water partition coefficient (Wildman–Crippen LogP) is 2.20. The van der Waals surface area contributed by atoms with Gasteiger partial charge in [-0.05, 0) is 30.5 Å². The van der Waals surface area contributed by atoms with Gasteiger partial charge in [-0.3, -0.25) is 0 Å². The maximum atomic E-state index is 13.9. The summed E-state index contributed by atoms with van der Waals surface area (Å²) in [5.41, 5.74) is -0.812. The summed E-state index contributed by atoms with van der Waals surface area (Å²) in [5.74, 6) is -1.43. The van der Waals surface area contributed by atoms with Gasteiger partial charge in [-0.2, -0.15) is 0 Å². The number of anilines is 1. The van der Waals surface area contributed by atoms with E-state index in [1.54, 1.807) is 7.05 Å². The van der Waals surface area contributed by atoms with Crippen LogP contribution in [0, 0.1) is 11.6 Å². The number of halogens is 2. The molecule has 0 radical (unpaired) electrons. The van der Waals surface area contributed by atoms with Gasteiger partial charge >= 0.3 is 0 Å². The van der Waals surface area contributed by atoms with Crippen LogP contribution in [0.5, 0.6) is 0 Å². The molecule has 1 aliphatic rings. The zero-order chi connectivity index (χ0) is 14.0. The molecule has 1 aromatic carbocycles. The van der Waals surface area contributed by atoms with Crippen LogP contribution in [0.2, 0.25) is 0 Å². The first-order valence-electron chi connectivity index (χ1n) is 6.47. The van der Waals surface area contributed by atoms with Gasteiger partial charge in [-0.1, -0.05) is 12.8 Å². The molecule has 0 atom stereocenters. The molecule has 5 heteroatoms. The van der Waals surface area contributed by atoms with Crippen LogP contribution < -0.4 is 4.90 Å². The van der Waals surface area contributed by atoms with E-state index in [0.29, 0.717) is 12.8 Å². The smallest absolute Gasteiger partial charge is 0.149 e. The van der Waals surface area contributed by atoms with Crippen LogP contribution in [0.15, 0.2) is 12.1 Å². The lowest BCUT2D eigenvalue weighted by Gasteiger charge is -2.30. The van der Waals surface area contributed by atoms with E-state index in [2.05, 4.69) is 0 Å². The predicted molar refractivity (Wildman–Crippen MR) is 69.0 cm³/mol. The highest BCUT2D eigenvalue weighted by Crippen LogP contribution is 2.32. The molecule has 3 nitrogen and oxygen atoms in total. The number of hydrogen-bond donors (Lipinski definition) is 2. The van der Waals surface area contributed by atoms with Gasteiger partial charge in [0.2, 0.25) is 0 Å². The Labute approximate surface area is 111 Å². The van der Waals surface area contributed by atoms with E-state index in [-0.39, 0.29) is 17.8 Å². The fourth-order valence-electron chi connectivity index (χ4n) is 2.79. The van der Waals surface area contributed by atoms with Crippen molar-refractivity contribution in [3.05, 3.63) is 29.3 Å². The number of aliphatic hydroxyl groups is 2. The van der Waals surface area contributed by atoms with Gasteiger partial charge in [0.25, 0.3) is 0 Å². The van der Waals surface area contributed by atoms with E-state index in [4.69, 9.17) is 5.11 Å². The van der Waals surface area contributed by atoms with Crippen molar-refractivity contribution in [2.75, 3.05) is 18.5 Å². The van der Waals surface area contributed by atoms with Crippen molar-refractivity contribution in [3.63, 3.8) is 0 Å². The molecule has 0 heterocycles. The van der Waals surface area contributed by atoms with Crippen molar-refractivity contribution in [2.45, 2.75) is 37.9 Å². The first kappa shape index (κ1) is 14.2. The van der Waals surface area contributed by atoms with Gasteiger partial charge in [-0.25, -0.2) is 8.78 Å². The SMILES string of the molecule is CN(CC1(O)CCCC1)c1c(F)cc(CO)cc1F. The van der Waals surface area contributed by atoms with Crippen LogP contribution in [0.25, 0.3) is 0 Å². The second-order valence-corrected chi connectivity index (χ2v) is 5.35. The Morgan fingerprint density at radius 3 is 2.21 bits per heavy atom. The van der Waals surface area contributed by atoms with E-state index in [1.807, 2.05) is 0 Å². The minimum absolute atomic E-state index is 0.155. The summed E-state index contributed by atoms with van der Waals surface area (Å²) >= 11 is 0. The number of aliphatic hydroxyl groups excluding tert-OH is 1. The summed E-state index contributed by atoms with van der Waals surface area (Å²) in [6.45, 7) is -0.193. The molecule has 0 amide bonds. The summed E-state index contributed by atoms with van der Waals surface area (Å²) in [7, 11) is 1.57. The topological polar surface area (TPSA) is 43.7 Å². The number of nitrogens with zero attached hydrogens (tertiary/aromatic N) is 1. The quantitative estimate of drug-likeness (QED) is 0.882. The van der Waals surface area contributed by atoms with Gasteiger partial charge in [-0.15, -0.1) is 0 Å². The monoisotopic (exact) mass is 271 g/mol. The molecule has 0 aliphatic heterocycles. The third-order valence-corrected chi connectivity index (χ3v) is 3.71. The van der Waals surface area contributed by atoms with E-state index < -0.39 is 23.8 Å². The molecule has 19 heavy (non-hydrogen) atoms. The van der Waals surface area contributed by atoms with Crippen molar-refractivity contribution < 1.29 is 19.0 Å². The lowest BCUT2D eigenvalue weighted by molar-refractivity contribution is 0.0557. The molecular weight excluding hydrogens is 252 g/mol. The maximum Gasteiger partial charge on any atom is 0.149 e. The summed E-state index contributed by atoms with van der Waals surface area (Å²) in [4.78, 5) is 1.41. The van der Waals surface area contributed by atoms with E-state index in [0.717, 1.165) is 25.0 Å². The van der Waals surface area contributed by atoms with Gasteiger partial charge in [0, 0.05) is 13.6 Å². The molecule has 1 aromatic rings. The van der Waals surface area contributed by atoms with Crippen molar-refractivity contribution in [3.8, 4) is 0 Å². The Balaban J connectivity index is 2.21. The molecule has 1 saturated carbocycles. The summed E-state index contributed by atoms with van der Waals surface area (Å²) in [6.07, 6.45) is 3.21. The van der Waals surface area contributed by atoms with Crippen LogP contribution in [0.1, 0.15) is 31.2 Å². The normalized spacial score (nSPS) is 17.7. The van der Waals surface area contributed by atoms with Crippen LogP contribution in [0.3, 0.4) is 0 Å². The average molecular weight is 271 g/mol. The molecule has 2 N–H and O–H groups in total. The Kier molecular flexibility index (Phi) is 4.06. The molecule has 2 rings (SSSR count). The van der Waals surface area contributed by atoms with Gasteiger partial charge in [0.15, 0.2) is 0 Å². The molecule has 0 bridgehead atoms. The molecule has 0 spiro atoms. The van der Waals surface area contributed by atoms with Gasteiger partial charge < -0.3 is 15.1 Å². The number of likely N-dealkylation sites (N-methyl/N-ethyl adjacent to an activating group) is 1. The van der Waals surface area contributed by atoms with Crippen molar-refractivity contribution in [1.29, 1.82) is 0 Å². The zero-order valence-corrected chi connectivity index (χ0v) is 11.0. The maximum absolute atomic E-state index is 13.9. The first-order chi connectivity index (χ1) is 8.95. The zero-order valence-electron chi connectivity index (χ0n) is 11.0. The number of hydrogen-bond acceptors (Lipinski definition) is 3. The first-order valence-corrected chi connectivity index (χ1v) is 6.47. The fourth-order valence-corrected chi connectivity index (χ4v) is 2.79. The van der Waals surface area contributed by atoms with E-state index in [9.17, 15) is 13.9 Å². The Hall–Kier alpha value is -1.20. The highest BCUT2D eigenvalue weighted by molar-refractivity contribution is 5.50. The minimum Gasteiger partial charge on any atom is -0.392 e. The van der Waals surface area contributed by atoms with Gasteiger partial charge in [0.05, 0.1) is 12.2 Å². The van der Waals surface area contributed by atoms with Crippen LogP contribution >= 0.6 is 0 Å². The third kappa shape index (κ3) is 3.04. The molecular formula is C14H19F2NO2. The fraction of sp³-hybridized carbons (Fsp3) is 0.571. The highest BCUT2D eigenvalue weighted by Gasteiger charge is 2.33. The lowest BCUT2D eigenvalue weighted by Crippen LogP contribution is -2.39. The lowest BCUT2D eigenvalue weighted by atomic mass is 10.0. The summed E-state index contributed by atoms with van der Waals surface area (Å²) in [5, 5.41) is 19.2. The van der Waals surface area contributed by atoms with Crippen LogP contribution in [-0.4, -0.2) is 29.4 Å². The van der Waals surface area contributed by atoms with Crippen LogP contribution in [-0.2, 0) is 6.61 Å². The average Bonchev–Trinajstić information content (AvgIpc) is 2.74. The van der Waals surface area contributed by atoms with E-state index >= 15 is 0 Å². The summed E-state index contributed by atoms with van der Waals surface area (Å²) in [6, 6.07) is 2.24. The molecule has 1 fully saturated rings. The standard InChI is InChI=1S/C14H19F2NO2/c1-17(9-14(19)4-2-3-5-14)13-11(15)6-10(8-18)7-12(13)16/h6-7,18-19H,2-5,8-9H2,1H3. The second-order valence-electron chi connectivity index (χ2n) is 5.35. The van der Waals surface area contributed by atoms with Crippen LogP contribution in [0.4, 0.5) is 14.5 Å².